The van der Waals surface area contributed by atoms with Crippen molar-refractivity contribution in [2.75, 3.05) is 19.8 Å². The first-order chi connectivity index (χ1) is 9.54. The topological polar surface area (TPSA) is 81.8 Å². The third-order valence-electron chi connectivity index (χ3n) is 3.29. The van der Waals surface area contributed by atoms with E-state index in [1.54, 1.807) is 0 Å². The molecule has 0 saturated carbocycles. The molecule has 3 N–H and O–H groups in total. The summed E-state index contributed by atoms with van der Waals surface area (Å²) in [5, 5.41) is 9.22. The van der Waals surface area contributed by atoms with E-state index in [0.717, 1.165) is 6.42 Å². The largest absolute Gasteiger partial charge is 0.490 e. The number of halogens is 1. The van der Waals surface area contributed by atoms with Crippen molar-refractivity contribution in [3.63, 3.8) is 0 Å². The van der Waals surface area contributed by atoms with Gasteiger partial charge < -0.3 is 20.3 Å². The Balaban J connectivity index is 2.53. The van der Waals surface area contributed by atoms with Gasteiger partial charge in [-0.15, -0.1) is 0 Å². The van der Waals surface area contributed by atoms with Gasteiger partial charge in [-0.25, -0.2) is 4.39 Å². The molecule has 2 unspecified atom stereocenters. The minimum Gasteiger partial charge on any atom is -0.490 e. The Kier molecular flexibility index (Phi) is 4.44. The molecular formula is C14H18FNO4. The van der Waals surface area contributed by atoms with Crippen LogP contribution in [0.3, 0.4) is 0 Å². The van der Waals surface area contributed by atoms with Gasteiger partial charge >= 0.3 is 5.97 Å². The molecule has 0 bridgehead atoms. The number of hydrogen-bond donors (Lipinski definition) is 2. The van der Waals surface area contributed by atoms with Gasteiger partial charge in [0.25, 0.3) is 0 Å². The quantitative estimate of drug-likeness (QED) is 0.883. The van der Waals surface area contributed by atoms with E-state index in [9.17, 15) is 14.3 Å². The second kappa shape index (κ2) is 6.09. The molecule has 6 heteroatoms. The van der Waals surface area contributed by atoms with Crippen LogP contribution in [0.4, 0.5) is 4.39 Å². The van der Waals surface area contributed by atoms with E-state index in [2.05, 4.69) is 0 Å². The fourth-order valence-electron chi connectivity index (χ4n) is 2.25. The van der Waals surface area contributed by atoms with Crippen molar-refractivity contribution >= 4 is 5.97 Å². The third kappa shape index (κ3) is 2.85. The van der Waals surface area contributed by atoms with Gasteiger partial charge in [-0.1, -0.05) is 0 Å². The molecule has 1 aliphatic rings. The number of carboxylic acids is 1. The van der Waals surface area contributed by atoms with Crippen molar-refractivity contribution in [3.8, 4) is 11.5 Å². The van der Waals surface area contributed by atoms with Crippen LogP contribution < -0.4 is 15.2 Å². The van der Waals surface area contributed by atoms with Crippen LogP contribution in [0.5, 0.6) is 11.5 Å². The maximum atomic E-state index is 13.8. The lowest BCUT2D eigenvalue weighted by molar-refractivity contribution is -0.138. The van der Waals surface area contributed by atoms with E-state index in [1.165, 1.54) is 19.1 Å². The van der Waals surface area contributed by atoms with Crippen molar-refractivity contribution < 1.29 is 23.8 Å². The Morgan fingerprint density at radius 2 is 1.90 bits per heavy atom. The molecule has 2 atom stereocenters. The van der Waals surface area contributed by atoms with E-state index in [0.29, 0.717) is 30.3 Å². The van der Waals surface area contributed by atoms with Crippen molar-refractivity contribution in [2.24, 2.45) is 5.73 Å². The molecule has 110 valence electrons. The molecule has 1 heterocycles. The molecular weight excluding hydrogens is 265 g/mol. The zero-order chi connectivity index (χ0) is 14.7. The summed E-state index contributed by atoms with van der Waals surface area (Å²) < 4.78 is 24.8. The smallest absolute Gasteiger partial charge is 0.312 e. The number of hydrogen-bond acceptors (Lipinski definition) is 4. The van der Waals surface area contributed by atoms with Gasteiger partial charge in [-0.3, -0.25) is 4.79 Å². The summed E-state index contributed by atoms with van der Waals surface area (Å²) in [6.45, 7) is 2.23. The fraction of sp³-hybridized carbons (Fsp3) is 0.500. The minimum atomic E-state index is -1.31. The van der Waals surface area contributed by atoms with Crippen molar-refractivity contribution in [1.29, 1.82) is 0 Å². The van der Waals surface area contributed by atoms with Gasteiger partial charge in [0.05, 0.1) is 19.1 Å². The monoisotopic (exact) mass is 283 g/mol. The van der Waals surface area contributed by atoms with Crippen LogP contribution in [0, 0.1) is 0 Å². The maximum absolute atomic E-state index is 13.8. The Labute approximate surface area is 116 Å². The summed E-state index contributed by atoms with van der Waals surface area (Å²) in [6.07, 6.45) is -0.584. The first-order valence-corrected chi connectivity index (χ1v) is 6.55. The fourth-order valence-corrected chi connectivity index (χ4v) is 2.25. The molecule has 0 aliphatic carbocycles. The predicted molar refractivity (Wildman–Crippen MR) is 71.0 cm³/mol. The Hall–Kier alpha value is -1.82. The Morgan fingerprint density at radius 3 is 2.35 bits per heavy atom. The van der Waals surface area contributed by atoms with Crippen LogP contribution in [-0.4, -0.2) is 30.8 Å². The number of benzene rings is 1. The zero-order valence-corrected chi connectivity index (χ0v) is 11.3. The number of rotatable bonds is 4. The predicted octanol–water partition coefficient (Wildman–Crippen LogP) is 2.01. The lowest BCUT2D eigenvalue weighted by Gasteiger charge is -2.19. The number of ether oxygens (including phenoxy) is 2. The average Bonchev–Trinajstić information content (AvgIpc) is 2.62. The van der Waals surface area contributed by atoms with Gasteiger partial charge in [-0.2, -0.15) is 0 Å². The van der Waals surface area contributed by atoms with Crippen LogP contribution in [0.2, 0.25) is 0 Å². The summed E-state index contributed by atoms with van der Waals surface area (Å²) in [4.78, 5) is 11.3. The molecule has 0 aromatic heterocycles. The summed E-state index contributed by atoms with van der Waals surface area (Å²) in [5.74, 6) is -1.14. The van der Waals surface area contributed by atoms with E-state index >= 15 is 0 Å². The van der Waals surface area contributed by atoms with Gasteiger partial charge in [0, 0.05) is 13.0 Å². The molecule has 0 saturated heterocycles. The molecule has 5 nitrogen and oxygen atoms in total. The molecule has 20 heavy (non-hydrogen) atoms. The number of alkyl halides is 1. The maximum Gasteiger partial charge on any atom is 0.312 e. The first-order valence-electron chi connectivity index (χ1n) is 6.55. The van der Waals surface area contributed by atoms with E-state index in [4.69, 9.17) is 15.2 Å². The van der Waals surface area contributed by atoms with Crippen molar-refractivity contribution in [2.45, 2.75) is 25.4 Å². The number of carbonyl (C=O) groups is 1. The second-order valence-electron chi connectivity index (χ2n) is 4.72. The molecule has 1 aromatic carbocycles. The van der Waals surface area contributed by atoms with Gasteiger partial charge in [0.15, 0.2) is 11.5 Å². The number of nitrogens with two attached hydrogens (primary N) is 1. The van der Waals surface area contributed by atoms with Crippen molar-refractivity contribution in [3.05, 3.63) is 23.3 Å². The molecule has 0 fully saturated rings. The number of carboxylic acid groups (broad SMARTS) is 1. The Morgan fingerprint density at radius 1 is 1.35 bits per heavy atom. The van der Waals surface area contributed by atoms with Gasteiger partial charge in [-0.05, 0) is 30.2 Å². The SMILES string of the molecule is CC(F)c1cc2c(cc1C(CN)C(=O)O)OCCCO2. The summed E-state index contributed by atoms with van der Waals surface area (Å²) >= 11 is 0. The molecule has 0 amide bonds. The van der Waals surface area contributed by atoms with Crippen LogP contribution in [0.15, 0.2) is 12.1 Å². The van der Waals surface area contributed by atoms with Crippen LogP contribution in [0.1, 0.15) is 36.6 Å². The van der Waals surface area contributed by atoms with Crippen molar-refractivity contribution in [1.82, 2.24) is 0 Å². The highest BCUT2D eigenvalue weighted by molar-refractivity contribution is 5.77. The van der Waals surface area contributed by atoms with Gasteiger partial charge in [0.2, 0.25) is 0 Å². The van der Waals surface area contributed by atoms with Crippen LogP contribution >= 0.6 is 0 Å². The normalized spacial score (nSPS) is 17.1. The number of fused-ring (bicyclic) bond motifs is 1. The molecule has 1 aromatic rings. The van der Waals surface area contributed by atoms with E-state index < -0.39 is 18.1 Å². The highest BCUT2D eigenvalue weighted by Crippen LogP contribution is 2.38. The van der Waals surface area contributed by atoms with Gasteiger partial charge in [0.1, 0.15) is 6.17 Å². The standard InChI is InChI=1S/C14H18FNO4/c1-8(15)9-5-12-13(20-4-2-3-19-12)6-10(9)11(7-16)14(17)18/h5-6,8,11H,2-4,7,16H2,1H3,(H,17,18). The van der Waals surface area contributed by atoms with E-state index in [-0.39, 0.29) is 12.1 Å². The minimum absolute atomic E-state index is 0.102. The first kappa shape index (κ1) is 14.6. The number of aliphatic carboxylic acids is 1. The highest BCUT2D eigenvalue weighted by atomic mass is 19.1. The lowest BCUT2D eigenvalue weighted by Crippen LogP contribution is -2.22. The molecule has 1 aliphatic heterocycles. The molecule has 2 rings (SSSR count). The summed E-state index contributed by atoms with van der Waals surface area (Å²) in [6, 6.07) is 3.06. The summed E-state index contributed by atoms with van der Waals surface area (Å²) in [5.41, 5.74) is 6.14. The summed E-state index contributed by atoms with van der Waals surface area (Å²) in [7, 11) is 0. The van der Waals surface area contributed by atoms with Crippen LogP contribution in [-0.2, 0) is 4.79 Å². The second-order valence-corrected chi connectivity index (χ2v) is 4.72. The highest BCUT2D eigenvalue weighted by Gasteiger charge is 2.26. The third-order valence-corrected chi connectivity index (χ3v) is 3.29. The molecule has 0 spiro atoms. The zero-order valence-electron chi connectivity index (χ0n) is 11.3. The van der Waals surface area contributed by atoms with Crippen LogP contribution in [0.25, 0.3) is 0 Å². The van der Waals surface area contributed by atoms with E-state index in [1.807, 2.05) is 0 Å². The average molecular weight is 283 g/mol. The lowest BCUT2D eigenvalue weighted by atomic mass is 9.91. The molecule has 0 radical (unpaired) electrons. The Bertz CT molecular complexity index is 504.